The summed E-state index contributed by atoms with van der Waals surface area (Å²) in [4.78, 5) is 20.6. The molecular formula is C18H21N5O3. The van der Waals surface area contributed by atoms with Gasteiger partial charge >= 0.3 is 5.97 Å². The molecule has 8 nitrogen and oxygen atoms in total. The Hall–Kier alpha value is -2.74. The van der Waals surface area contributed by atoms with Crippen LogP contribution in [0, 0.1) is 0 Å². The number of esters is 1. The van der Waals surface area contributed by atoms with E-state index in [1.807, 2.05) is 10.6 Å². The molecule has 8 heteroatoms. The average molecular weight is 355 g/mol. The lowest BCUT2D eigenvalue weighted by atomic mass is 10.2. The second-order valence-electron chi connectivity index (χ2n) is 6.48. The van der Waals surface area contributed by atoms with Crippen LogP contribution < -0.4 is 0 Å². The summed E-state index contributed by atoms with van der Waals surface area (Å²) in [6.45, 7) is 1.32. The standard InChI is InChI=1S/C18H21N5O3/c1-25-7-2-8-26-18(24)15-10-22(12-19-15)11-16-20-17-6-5-14(13-3-4-13)9-23(17)21-16/h5-6,9-10,12-13H,2-4,7-8,11H2,1H3. The van der Waals surface area contributed by atoms with Crippen molar-refractivity contribution >= 4 is 11.6 Å². The molecule has 136 valence electrons. The average Bonchev–Trinajstić information content (AvgIpc) is 3.26. The van der Waals surface area contributed by atoms with Crippen molar-refractivity contribution in [1.82, 2.24) is 24.1 Å². The number of hydrogen-bond donors (Lipinski definition) is 0. The molecule has 3 aromatic heterocycles. The summed E-state index contributed by atoms with van der Waals surface area (Å²) < 4.78 is 13.7. The Bertz CT molecular complexity index is 913. The molecule has 0 amide bonds. The summed E-state index contributed by atoms with van der Waals surface area (Å²) in [6.07, 6.45) is 8.48. The molecule has 0 spiro atoms. The molecule has 0 aromatic carbocycles. The number of imidazole rings is 1. The van der Waals surface area contributed by atoms with Crippen LogP contribution in [0.2, 0.25) is 0 Å². The van der Waals surface area contributed by atoms with Gasteiger partial charge in [-0.1, -0.05) is 6.07 Å². The lowest BCUT2D eigenvalue weighted by Gasteiger charge is -2.01. The monoisotopic (exact) mass is 355 g/mol. The zero-order valence-electron chi connectivity index (χ0n) is 14.7. The fourth-order valence-electron chi connectivity index (χ4n) is 2.83. The molecule has 0 saturated heterocycles. The Balaban J connectivity index is 1.40. The van der Waals surface area contributed by atoms with Crippen LogP contribution in [0.1, 0.15) is 47.1 Å². The Morgan fingerprint density at radius 2 is 2.15 bits per heavy atom. The molecular weight excluding hydrogens is 334 g/mol. The molecule has 1 saturated carbocycles. The number of nitrogens with zero attached hydrogens (tertiary/aromatic N) is 5. The molecule has 0 radical (unpaired) electrons. The van der Waals surface area contributed by atoms with Gasteiger partial charge in [0.15, 0.2) is 17.2 Å². The van der Waals surface area contributed by atoms with Gasteiger partial charge in [0.2, 0.25) is 0 Å². The quantitative estimate of drug-likeness (QED) is 0.454. The molecule has 0 unspecified atom stereocenters. The number of pyridine rings is 1. The minimum absolute atomic E-state index is 0.280. The molecule has 1 aliphatic carbocycles. The zero-order valence-corrected chi connectivity index (χ0v) is 14.7. The maximum Gasteiger partial charge on any atom is 0.358 e. The minimum atomic E-state index is -0.433. The summed E-state index contributed by atoms with van der Waals surface area (Å²) in [5.41, 5.74) is 2.42. The maximum atomic E-state index is 11.9. The topological polar surface area (TPSA) is 83.5 Å². The van der Waals surface area contributed by atoms with E-state index in [1.54, 1.807) is 24.2 Å². The summed E-state index contributed by atoms with van der Waals surface area (Å²) in [5, 5.41) is 4.53. The van der Waals surface area contributed by atoms with E-state index in [0.29, 0.717) is 37.9 Å². The predicted octanol–water partition coefficient (Wildman–Crippen LogP) is 2.04. The van der Waals surface area contributed by atoms with Gasteiger partial charge in [-0.15, -0.1) is 5.10 Å². The van der Waals surface area contributed by atoms with Gasteiger partial charge in [0.1, 0.15) is 0 Å². The second kappa shape index (κ2) is 7.25. The first-order valence-electron chi connectivity index (χ1n) is 8.76. The van der Waals surface area contributed by atoms with E-state index in [1.165, 1.54) is 18.4 Å². The van der Waals surface area contributed by atoms with E-state index in [4.69, 9.17) is 9.47 Å². The molecule has 1 fully saturated rings. The SMILES string of the molecule is COCCCOC(=O)c1cn(Cc2nc3ccc(C4CC4)cn3n2)cn1. The molecule has 3 aromatic rings. The normalized spacial score (nSPS) is 14.0. The molecule has 0 aliphatic heterocycles. The number of fused-ring (bicyclic) bond motifs is 1. The summed E-state index contributed by atoms with van der Waals surface area (Å²) >= 11 is 0. The maximum absolute atomic E-state index is 11.9. The minimum Gasteiger partial charge on any atom is -0.461 e. The van der Waals surface area contributed by atoms with Crippen LogP contribution in [0.4, 0.5) is 0 Å². The molecule has 1 aliphatic rings. The van der Waals surface area contributed by atoms with Gasteiger partial charge in [-0.2, -0.15) is 0 Å². The molecule has 0 N–H and O–H groups in total. The van der Waals surface area contributed by atoms with Gasteiger partial charge in [-0.05, 0) is 30.4 Å². The largest absolute Gasteiger partial charge is 0.461 e. The number of ether oxygens (including phenoxy) is 2. The van der Waals surface area contributed by atoms with E-state index >= 15 is 0 Å². The van der Waals surface area contributed by atoms with Crippen LogP contribution in [0.25, 0.3) is 5.65 Å². The molecule has 3 heterocycles. The fraction of sp³-hybridized carbons (Fsp3) is 0.444. The van der Waals surface area contributed by atoms with Gasteiger partial charge in [-0.3, -0.25) is 0 Å². The van der Waals surface area contributed by atoms with Crippen LogP contribution in [0.3, 0.4) is 0 Å². The van der Waals surface area contributed by atoms with Gasteiger partial charge in [-0.25, -0.2) is 19.3 Å². The van der Waals surface area contributed by atoms with Gasteiger partial charge in [0.25, 0.3) is 0 Å². The Morgan fingerprint density at radius 1 is 1.27 bits per heavy atom. The number of carbonyl (C=O) groups is 1. The van der Waals surface area contributed by atoms with Gasteiger partial charge < -0.3 is 14.0 Å². The van der Waals surface area contributed by atoms with Crippen molar-refractivity contribution in [3.8, 4) is 0 Å². The number of carbonyl (C=O) groups excluding carboxylic acids is 1. The molecule has 26 heavy (non-hydrogen) atoms. The van der Waals surface area contributed by atoms with E-state index in [0.717, 1.165) is 5.65 Å². The predicted molar refractivity (Wildman–Crippen MR) is 93.1 cm³/mol. The third-order valence-electron chi connectivity index (χ3n) is 4.34. The van der Waals surface area contributed by atoms with Crippen LogP contribution >= 0.6 is 0 Å². The highest BCUT2D eigenvalue weighted by atomic mass is 16.5. The van der Waals surface area contributed by atoms with Crippen LogP contribution in [-0.4, -0.2) is 50.4 Å². The molecule has 0 atom stereocenters. The molecule has 4 rings (SSSR count). The molecule has 0 bridgehead atoms. The summed E-state index contributed by atoms with van der Waals surface area (Å²) in [7, 11) is 1.61. The van der Waals surface area contributed by atoms with Crippen molar-refractivity contribution in [2.45, 2.75) is 31.7 Å². The second-order valence-corrected chi connectivity index (χ2v) is 6.48. The van der Waals surface area contributed by atoms with E-state index in [-0.39, 0.29) is 5.69 Å². The first kappa shape index (κ1) is 16.7. The highest BCUT2D eigenvalue weighted by molar-refractivity contribution is 5.86. The fourth-order valence-corrected chi connectivity index (χ4v) is 2.83. The van der Waals surface area contributed by atoms with Crippen molar-refractivity contribution in [2.75, 3.05) is 20.3 Å². The number of aromatic nitrogens is 5. The van der Waals surface area contributed by atoms with Gasteiger partial charge in [0.05, 0.1) is 19.5 Å². The lowest BCUT2D eigenvalue weighted by molar-refractivity contribution is 0.0462. The van der Waals surface area contributed by atoms with Crippen molar-refractivity contribution in [3.63, 3.8) is 0 Å². The highest BCUT2D eigenvalue weighted by Gasteiger charge is 2.24. The third kappa shape index (κ3) is 3.75. The highest BCUT2D eigenvalue weighted by Crippen LogP contribution is 2.39. The van der Waals surface area contributed by atoms with Crippen molar-refractivity contribution in [3.05, 3.63) is 47.9 Å². The first-order chi connectivity index (χ1) is 12.7. The van der Waals surface area contributed by atoms with Crippen molar-refractivity contribution in [1.29, 1.82) is 0 Å². The Morgan fingerprint density at radius 3 is 2.96 bits per heavy atom. The van der Waals surface area contributed by atoms with Crippen LogP contribution in [0.15, 0.2) is 30.9 Å². The number of hydrogen-bond acceptors (Lipinski definition) is 6. The van der Waals surface area contributed by atoms with Crippen LogP contribution in [-0.2, 0) is 16.0 Å². The zero-order chi connectivity index (χ0) is 17.9. The Kier molecular flexibility index (Phi) is 4.66. The number of rotatable bonds is 8. The lowest BCUT2D eigenvalue weighted by Crippen LogP contribution is -2.08. The third-order valence-corrected chi connectivity index (χ3v) is 4.34. The van der Waals surface area contributed by atoms with Gasteiger partial charge in [0, 0.05) is 32.5 Å². The van der Waals surface area contributed by atoms with Crippen LogP contribution in [0.5, 0.6) is 0 Å². The van der Waals surface area contributed by atoms with E-state index in [2.05, 4.69) is 27.3 Å². The van der Waals surface area contributed by atoms with E-state index < -0.39 is 5.97 Å². The Labute approximate surface area is 150 Å². The summed E-state index contributed by atoms with van der Waals surface area (Å²) in [6, 6.07) is 4.13. The summed E-state index contributed by atoms with van der Waals surface area (Å²) in [5.74, 6) is 0.922. The van der Waals surface area contributed by atoms with E-state index in [9.17, 15) is 4.79 Å². The smallest absolute Gasteiger partial charge is 0.358 e. The van der Waals surface area contributed by atoms with Crippen molar-refractivity contribution < 1.29 is 14.3 Å². The van der Waals surface area contributed by atoms with Crippen molar-refractivity contribution in [2.24, 2.45) is 0 Å². The first-order valence-corrected chi connectivity index (χ1v) is 8.76. The number of methoxy groups -OCH3 is 1.